The number of aromatic nitrogens is 3. The van der Waals surface area contributed by atoms with E-state index in [0.717, 1.165) is 16.6 Å². The molecule has 0 bridgehead atoms. The van der Waals surface area contributed by atoms with Crippen molar-refractivity contribution in [3.8, 4) is 5.75 Å². The quantitative estimate of drug-likeness (QED) is 0.212. The Kier molecular flexibility index (Phi) is 7.45. The highest BCUT2D eigenvalue weighted by Crippen LogP contribution is 2.36. The Morgan fingerprint density at radius 2 is 2.09 bits per heavy atom. The molecule has 7 nitrogen and oxygen atoms in total. The summed E-state index contributed by atoms with van der Waals surface area (Å²) >= 11 is 14.9. The van der Waals surface area contributed by atoms with E-state index in [9.17, 15) is 4.79 Å². The van der Waals surface area contributed by atoms with Gasteiger partial charge in [-0.1, -0.05) is 35.4 Å². The maximum absolute atomic E-state index is 10.8. The molecule has 4 rings (SSSR count). The Balaban J connectivity index is 1.62. The van der Waals surface area contributed by atoms with E-state index in [1.165, 1.54) is 0 Å². The van der Waals surface area contributed by atoms with Crippen LogP contribution >= 0.6 is 51.6 Å². The number of carbonyl (C=O) groups is 1. The van der Waals surface area contributed by atoms with Crippen LogP contribution in [-0.2, 0) is 4.79 Å². The molecule has 0 saturated carbocycles. The minimum atomic E-state index is -0.364. The molecule has 1 aliphatic rings. The van der Waals surface area contributed by atoms with E-state index in [0.29, 0.717) is 39.7 Å². The number of hydrazone groups is 1. The third-order valence-corrected chi connectivity index (χ3v) is 7.24. The molecule has 0 radical (unpaired) electrons. The van der Waals surface area contributed by atoms with Gasteiger partial charge < -0.3 is 4.74 Å². The summed E-state index contributed by atoms with van der Waals surface area (Å²) in [7, 11) is 0. The van der Waals surface area contributed by atoms with E-state index in [2.05, 4.69) is 37.6 Å². The molecule has 0 spiro atoms. The summed E-state index contributed by atoms with van der Waals surface area (Å²) in [6.45, 7) is 1.89. The standard InChI is InChI=1S/C21H17Cl2IN5O2P/c1-12(21-17(22)9-25-10-18(21)23)31-15-5-7-20-16(8-15)19(28-29(20)32-24)6-4-13-2-3-14(11-30)27-26-13/h2-13,26,32H,1H3/b6-4+. The van der Waals surface area contributed by atoms with Crippen LogP contribution in [0.25, 0.3) is 17.0 Å². The smallest absolute Gasteiger partial charge is 0.170 e. The number of benzene rings is 1. The second kappa shape index (κ2) is 10.3. The van der Waals surface area contributed by atoms with E-state index in [-0.39, 0.29) is 12.1 Å². The molecule has 1 aromatic carbocycles. The Labute approximate surface area is 209 Å². The number of nitrogens with zero attached hydrogens (tertiary/aromatic N) is 4. The van der Waals surface area contributed by atoms with Crippen molar-refractivity contribution in [3.63, 3.8) is 0 Å². The van der Waals surface area contributed by atoms with Crippen molar-refractivity contribution in [2.45, 2.75) is 19.1 Å². The van der Waals surface area contributed by atoms with Crippen LogP contribution < -0.4 is 10.2 Å². The molecule has 11 heteroatoms. The van der Waals surface area contributed by atoms with Gasteiger partial charge >= 0.3 is 0 Å². The first-order valence-electron chi connectivity index (χ1n) is 9.50. The fourth-order valence-corrected chi connectivity index (χ4v) is 5.46. The molecule has 164 valence electrons. The highest BCUT2D eigenvalue weighted by Gasteiger charge is 2.17. The number of nitrogens with one attached hydrogen (secondary N) is 1. The van der Waals surface area contributed by atoms with Crippen LogP contribution in [0.2, 0.25) is 10.0 Å². The molecule has 0 amide bonds. The van der Waals surface area contributed by atoms with Crippen molar-refractivity contribution in [1.29, 1.82) is 0 Å². The molecule has 2 aromatic heterocycles. The first-order chi connectivity index (χ1) is 15.5. The SMILES string of the molecule is CC(Oc1ccc2c(c1)c(/C=C/C1C=CC(C=O)=NN1)nn2PI)c1c(Cl)cncc1Cl. The Morgan fingerprint density at radius 1 is 1.31 bits per heavy atom. The van der Waals surface area contributed by atoms with Gasteiger partial charge in [-0.05, 0) is 59.3 Å². The third-order valence-electron chi connectivity index (χ3n) is 4.77. The lowest BCUT2D eigenvalue weighted by atomic mass is 10.1. The predicted octanol–water partition coefficient (Wildman–Crippen LogP) is 5.77. The van der Waals surface area contributed by atoms with Crippen LogP contribution in [0.15, 0.2) is 53.9 Å². The van der Waals surface area contributed by atoms with Crippen LogP contribution in [-0.4, -0.2) is 32.6 Å². The average molecular weight is 600 g/mol. The van der Waals surface area contributed by atoms with Gasteiger partial charge in [0.25, 0.3) is 0 Å². The van der Waals surface area contributed by atoms with Gasteiger partial charge in [-0.2, -0.15) is 10.2 Å². The summed E-state index contributed by atoms with van der Waals surface area (Å²) in [4.78, 5) is 14.8. The summed E-state index contributed by atoms with van der Waals surface area (Å²) in [5.74, 6) is 0.677. The van der Waals surface area contributed by atoms with Crippen LogP contribution in [0.4, 0.5) is 0 Å². The average Bonchev–Trinajstić information content (AvgIpc) is 3.15. The lowest BCUT2D eigenvalue weighted by Gasteiger charge is -2.17. The zero-order valence-corrected chi connectivity index (χ0v) is 21.3. The highest BCUT2D eigenvalue weighted by molar-refractivity contribution is 14.2. The first kappa shape index (κ1) is 23.2. The maximum atomic E-state index is 10.8. The molecule has 3 aromatic rings. The highest BCUT2D eigenvalue weighted by atomic mass is 127. The van der Waals surface area contributed by atoms with Gasteiger partial charge in [0.1, 0.15) is 17.6 Å². The van der Waals surface area contributed by atoms with Crippen molar-refractivity contribution in [3.05, 3.63) is 70.1 Å². The first-order valence-corrected chi connectivity index (χ1v) is 14.3. The second-order valence-corrected chi connectivity index (χ2v) is 9.72. The molecular formula is C21H17Cl2IN5O2P. The van der Waals surface area contributed by atoms with Crippen molar-refractivity contribution in [2.24, 2.45) is 5.10 Å². The number of fused-ring (bicyclic) bond motifs is 1. The topological polar surface area (TPSA) is 81.4 Å². The maximum Gasteiger partial charge on any atom is 0.170 e. The van der Waals surface area contributed by atoms with E-state index >= 15 is 0 Å². The molecule has 0 fully saturated rings. The Bertz CT molecular complexity index is 1240. The summed E-state index contributed by atoms with van der Waals surface area (Å²) in [5.41, 5.74) is 5.79. The number of carbonyl (C=O) groups excluding carboxylic acids is 1. The molecule has 3 unspecified atom stereocenters. The number of halogens is 3. The van der Waals surface area contributed by atoms with Crippen molar-refractivity contribution in [2.75, 3.05) is 0 Å². The van der Waals surface area contributed by atoms with Crippen molar-refractivity contribution in [1.82, 2.24) is 20.0 Å². The van der Waals surface area contributed by atoms with Gasteiger partial charge in [0.05, 0.1) is 33.7 Å². The number of hydrogen-bond acceptors (Lipinski definition) is 6. The van der Waals surface area contributed by atoms with Crippen LogP contribution in [0.5, 0.6) is 5.75 Å². The zero-order chi connectivity index (χ0) is 22.7. The number of hydrogen-bond donors (Lipinski definition) is 1. The lowest BCUT2D eigenvalue weighted by molar-refractivity contribution is -0.102. The molecule has 1 N–H and O–H groups in total. The van der Waals surface area contributed by atoms with E-state index in [1.54, 1.807) is 18.5 Å². The molecule has 32 heavy (non-hydrogen) atoms. The third kappa shape index (κ3) is 4.98. The number of pyridine rings is 1. The van der Waals surface area contributed by atoms with Crippen LogP contribution in [0.1, 0.15) is 24.3 Å². The second-order valence-electron chi connectivity index (χ2n) is 6.87. The van der Waals surface area contributed by atoms with Gasteiger partial charge in [0.2, 0.25) is 0 Å². The fourth-order valence-electron chi connectivity index (χ4n) is 3.25. The number of aldehydes is 1. The molecule has 3 heterocycles. The molecule has 1 aliphatic heterocycles. The minimum absolute atomic E-state index is 0.128. The minimum Gasteiger partial charge on any atom is -0.486 e. The lowest BCUT2D eigenvalue weighted by Crippen LogP contribution is -2.25. The van der Waals surface area contributed by atoms with Gasteiger partial charge in [-0.3, -0.25) is 15.2 Å². The van der Waals surface area contributed by atoms with Crippen LogP contribution in [0.3, 0.4) is 0 Å². The van der Waals surface area contributed by atoms with Crippen LogP contribution in [0, 0.1) is 0 Å². The van der Waals surface area contributed by atoms with E-state index in [1.807, 2.05) is 47.8 Å². The summed E-state index contributed by atoms with van der Waals surface area (Å²) in [6, 6.07) is 5.73. The summed E-state index contributed by atoms with van der Waals surface area (Å²) in [6.07, 6.45) is 11.3. The zero-order valence-electron chi connectivity index (χ0n) is 16.7. The number of ether oxygens (including phenoxy) is 1. The summed E-state index contributed by atoms with van der Waals surface area (Å²) in [5, 5.41) is 10.6. The van der Waals surface area contributed by atoms with Crippen molar-refractivity contribution >= 4 is 80.6 Å². The van der Waals surface area contributed by atoms with Gasteiger partial charge in [0, 0.05) is 23.3 Å². The van der Waals surface area contributed by atoms with Gasteiger partial charge in [-0.15, -0.1) is 0 Å². The molecule has 3 atom stereocenters. The molecule has 0 aliphatic carbocycles. The number of allylic oxidation sites excluding steroid dienone is 1. The van der Waals surface area contributed by atoms with Crippen molar-refractivity contribution < 1.29 is 9.53 Å². The molecular weight excluding hydrogens is 583 g/mol. The fraction of sp³-hybridized carbons (Fsp3) is 0.143. The normalized spacial score (nSPS) is 17.1. The summed E-state index contributed by atoms with van der Waals surface area (Å²) < 4.78 is 8.11. The van der Waals surface area contributed by atoms with E-state index in [4.69, 9.17) is 33.0 Å². The Morgan fingerprint density at radius 3 is 2.75 bits per heavy atom. The monoisotopic (exact) mass is 599 g/mol. The van der Waals surface area contributed by atoms with Gasteiger partial charge in [-0.25, -0.2) is 4.45 Å². The Hall–Kier alpha value is -2.00. The van der Waals surface area contributed by atoms with Gasteiger partial charge in [0.15, 0.2) is 6.29 Å². The predicted molar refractivity (Wildman–Crippen MR) is 139 cm³/mol. The largest absolute Gasteiger partial charge is 0.486 e. The van der Waals surface area contributed by atoms with E-state index < -0.39 is 0 Å². The number of rotatable bonds is 7. The molecule has 0 saturated heterocycles.